The Morgan fingerprint density at radius 3 is 2.53 bits per heavy atom. The Bertz CT molecular complexity index is 1150. The van der Waals surface area contributed by atoms with E-state index in [1.165, 1.54) is 23.5 Å². The summed E-state index contributed by atoms with van der Waals surface area (Å²) in [5.74, 6) is 1.13. The molecule has 7 heteroatoms. The van der Waals surface area contributed by atoms with Crippen LogP contribution in [0.25, 0.3) is 22.3 Å². The van der Waals surface area contributed by atoms with E-state index in [0.29, 0.717) is 5.75 Å². The van der Waals surface area contributed by atoms with Gasteiger partial charge in [0, 0.05) is 48.7 Å². The van der Waals surface area contributed by atoms with Gasteiger partial charge in [-0.3, -0.25) is 4.98 Å². The summed E-state index contributed by atoms with van der Waals surface area (Å²) in [5, 5.41) is 10.3. The minimum Gasteiger partial charge on any atom is -0.372 e. The van der Waals surface area contributed by atoms with E-state index in [1.54, 1.807) is 12.3 Å². The zero-order chi connectivity index (χ0) is 21.1. The maximum atomic E-state index is 14.0. The number of nitrogens with zero attached hydrogens (tertiary/aromatic N) is 5. The van der Waals surface area contributed by atoms with Crippen molar-refractivity contribution in [2.45, 2.75) is 24.8 Å². The third-order valence-electron chi connectivity index (χ3n) is 5.19. The van der Waals surface area contributed by atoms with Gasteiger partial charge in [0.15, 0.2) is 11.0 Å². The number of rotatable bonds is 7. The van der Waals surface area contributed by atoms with Gasteiger partial charge in [0.05, 0.1) is 5.52 Å². The van der Waals surface area contributed by atoms with Crippen LogP contribution in [0.15, 0.2) is 59.9 Å². The third kappa shape index (κ3) is 4.03. The van der Waals surface area contributed by atoms with Gasteiger partial charge in [-0.1, -0.05) is 17.8 Å². The fraction of sp³-hybridized carbons (Fsp3) is 0.261. The Morgan fingerprint density at radius 1 is 1.03 bits per heavy atom. The van der Waals surface area contributed by atoms with Crippen LogP contribution in [-0.2, 0) is 12.8 Å². The minimum absolute atomic E-state index is 0.252. The number of pyridine rings is 1. The first-order valence-electron chi connectivity index (χ1n) is 10.0. The summed E-state index contributed by atoms with van der Waals surface area (Å²) in [6, 6.07) is 15.2. The van der Waals surface area contributed by atoms with Gasteiger partial charge in [0.2, 0.25) is 0 Å². The van der Waals surface area contributed by atoms with E-state index in [-0.39, 0.29) is 5.82 Å². The standard InChI is InChI=1S/C23H24FN5S/c1-4-29(5-2)20-10-8-16(9-11-20)22-26-27-23(28(22)3)30-15-18-14-19(24)13-17-7-6-12-25-21(17)18/h6-14H,4-5,15H2,1-3H3. The Morgan fingerprint density at radius 2 is 1.80 bits per heavy atom. The van der Waals surface area contributed by atoms with Crippen molar-refractivity contribution in [2.24, 2.45) is 7.05 Å². The van der Waals surface area contributed by atoms with Crippen molar-refractivity contribution in [3.63, 3.8) is 0 Å². The monoisotopic (exact) mass is 421 g/mol. The molecule has 0 unspecified atom stereocenters. The van der Waals surface area contributed by atoms with E-state index in [0.717, 1.165) is 46.1 Å². The molecule has 0 saturated heterocycles. The van der Waals surface area contributed by atoms with Crippen LogP contribution in [0.1, 0.15) is 19.4 Å². The van der Waals surface area contributed by atoms with Crippen molar-refractivity contribution in [1.29, 1.82) is 0 Å². The van der Waals surface area contributed by atoms with Crippen LogP contribution in [0.3, 0.4) is 0 Å². The molecule has 4 rings (SSSR count). The predicted molar refractivity (Wildman–Crippen MR) is 121 cm³/mol. The minimum atomic E-state index is -0.252. The Labute approximate surface area is 180 Å². The van der Waals surface area contributed by atoms with Gasteiger partial charge in [-0.2, -0.15) is 0 Å². The number of halogens is 1. The molecule has 0 bridgehead atoms. The topological polar surface area (TPSA) is 46.8 Å². The summed E-state index contributed by atoms with van der Waals surface area (Å²) >= 11 is 1.53. The second-order valence-electron chi connectivity index (χ2n) is 7.01. The number of thioether (sulfide) groups is 1. The number of hydrogen-bond acceptors (Lipinski definition) is 5. The van der Waals surface area contributed by atoms with Gasteiger partial charge in [-0.05, 0) is 61.9 Å². The molecule has 0 fully saturated rings. The lowest BCUT2D eigenvalue weighted by atomic mass is 10.1. The lowest BCUT2D eigenvalue weighted by Crippen LogP contribution is -2.21. The molecule has 0 spiro atoms. The van der Waals surface area contributed by atoms with Crippen molar-refractivity contribution < 1.29 is 4.39 Å². The molecule has 2 aromatic heterocycles. The summed E-state index contributed by atoms with van der Waals surface area (Å²) in [5.41, 5.74) is 3.89. The molecule has 4 aromatic rings. The van der Waals surface area contributed by atoms with Gasteiger partial charge in [-0.15, -0.1) is 10.2 Å². The number of aromatic nitrogens is 4. The molecular weight excluding hydrogens is 397 g/mol. The smallest absolute Gasteiger partial charge is 0.191 e. The van der Waals surface area contributed by atoms with Gasteiger partial charge < -0.3 is 9.47 Å². The van der Waals surface area contributed by atoms with E-state index >= 15 is 0 Å². The summed E-state index contributed by atoms with van der Waals surface area (Å²) < 4.78 is 16.0. The van der Waals surface area contributed by atoms with Crippen molar-refractivity contribution in [3.05, 3.63) is 66.1 Å². The van der Waals surface area contributed by atoms with Crippen LogP contribution >= 0.6 is 11.8 Å². The van der Waals surface area contributed by atoms with Crippen LogP contribution in [0.2, 0.25) is 0 Å². The molecule has 0 amide bonds. The number of anilines is 1. The van der Waals surface area contributed by atoms with Crippen LogP contribution in [0.5, 0.6) is 0 Å². The second kappa shape index (κ2) is 8.83. The number of fused-ring (bicyclic) bond motifs is 1. The molecule has 0 N–H and O–H groups in total. The first-order chi connectivity index (χ1) is 14.6. The van der Waals surface area contributed by atoms with Gasteiger partial charge >= 0.3 is 0 Å². The fourth-order valence-electron chi connectivity index (χ4n) is 3.58. The Kier molecular flexibility index (Phi) is 5.99. The molecule has 154 valence electrons. The van der Waals surface area contributed by atoms with E-state index in [1.807, 2.05) is 23.7 Å². The molecule has 30 heavy (non-hydrogen) atoms. The summed E-state index contributed by atoms with van der Waals surface area (Å²) in [7, 11) is 1.96. The van der Waals surface area contributed by atoms with Crippen molar-refractivity contribution >= 4 is 28.4 Å². The van der Waals surface area contributed by atoms with Crippen LogP contribution in [0, 0.1) is 5.82 Å². The van der Waals surface area contributed by atoms with E-state index in [9.17, 15) is 4.39 Å². The number of hydrogen-bond donors (Lipinski definition) is 0. The predicted octanol–water partition coefficient (Wildman–Crippen LogP) is 5.31. The van der Waals surface area contributed by atoms with Crippen LogP contribution < -0.4 is 4.90 Å². The summed E-state index contributed by atoms with van der Waals surface area (Å²) in [4.78, 5) is 6.72. The van der Waals surface area contributed by atoms with Crippen LogP contribution in [-0.4, -0.2) is 32.8 Å². The molecule has 0 radical (unpaired) electrons. The lowest BCUT2D eigenvalue weighted by molar-refractivity contribution is 0.628. The van der Waals surface area contributed by atoms with Crippen molar-refractivity contribution in [3.8, 4) is 11.4 Å². The first-order valence-corrected chi connectivity index (χ1v) is 11.0. The SMILES string of the molecule is CCN(CC)c1ccc(-c2nnc(SCc3cc(F)cc4cccnc34)n2C)cc1. The first kappa shape index (κ1) is 20.3. The third-order valence-corrected chi connectivity index (χ3v) is 6.26. The highest BCUT2D eigenvalue weighted by molar-refractivity contribution is 7.98. The molecule has 2 aromatic carbocycles. The molecule has 0 aliphatic heterocycles. The van der Waals surface area contributed by atoms with E-state index in [2.05, 4.69) is 58.2 Å². The normalized spacial score (nSPS) is 11.2. The van der Waals surface area contributed by atoms with E-state index in [4.69, 9.17) is 0 Å². The van der Waals surface area contributed by atoms with Gasteiger partial charge in [0.1, 0.15) is 5.82 Å². The summed E-state index contributed by atoms with van der Waals surface area (Å²) in [6.07, 6.45) is 1.73. The summed E-state index contributed by atoms with van der Waals surface area (Å²) in [6.45, 7) is 6.26. The van der Waals surface area contributed by atoms with Crippen molar-refractivity contribution in [1.82, 2.24) is 19.7 Å². The quantitative estimate of drug-likeness (QED) is 0.379. The molecular formula is C23H24FN5S. The Hall–Kier alpha value is -2.93. The largest absolute Gasteiger partial charge is 0.372 e. The second-order valence-corrected chi connectivity index (χ2v) is 7.96. The zero-order valence-electron chi connectivity index (χ0n) is 17.3. The van der Waals surface area contributed by atoms with Gasteiger partial charge in [-0.25, -0.2) is 4.39 Å². The zero-order valence-corrected chi connectivity index (χ0v) is 18.2. The molecule has 0 aliphatic carbocycles. The molecule has 2 heterocycles. The molecule has 0 saturated carbocycles. The maximum absolute atomic E-state index is 14.0. The highest BCUT2D eigenvalue weighted by Gasteiger charge is 2.13. The maximum Gasteiger partial charge on any atom is 0.191 e. The molecule has 0 atom stereocenters. The number of benzene rings is 2. The van der Waals surface area contributed by atoms with Crippen molar-refractivity contribution in [2.75, 3.05) is 18.0 Å². The van der Waals surface area contributed by atoms with Gasteiger partial charge in [0.25, 0.3) is 0 Å². The Balaban J connectivity index is 1.55. The molecule has 5 nitrogen and oxygen atoms in total. The van der Waals surface area contributed by atoms with Crippen LogP contribution in [0.4, 0.5) is 10.1 Å². The fourth-order valence-corrected chi connectivity index (χ4v) is 4.47. The lowest BCUT2D eigenvalue weighted by Gasteiger charge is -2.21. The average Bonchev–Trinajstić information content (AvgIpc) is 3.13. The van der Waals surface area contributed by atoms with E-state index < -0.39 is 0 Å². The molecule has 0 aliphatic rings. The highest BCUT2D eigenvalue weighted by atomic mass is 32.2. The average molecular weight is 422 g/mol. The highest BCUT2D eigenvalue weighted by Crippen LogP contribution is 2.29.